The van der Waals surface area contributed by atoms with Crippen LogP contribution in [0.5, 0.6) is 0 Å². The molecule has 0 spiro atoms. The van der Waals surface area contributed by atoms with Crippen molar-refractivity contribution in [2.45, 2.75) is 19.8 Å². The minimum absolute atomic E-state index is 0.162. The summed E-state index contributed by atoms with van der Waals surface area (Å²) in [5.41, 5.74) is 0. The second kappa shape index (κ2) is 8.85. The van der Waals surface area contributed by atoms with Crippen molar-refractivity contribution < 1.29 is 25.2 Å². The van der Waals surface area contributed by atoms with Gasteiger partial charge in [0.15, 0.2) is 0 Å². The second-order valence-electron chi connectivity index (χ2n) is 4.19. The number of hydrogen-bond acceptors (Lipinski definition) is 7. The highest BCUT2D eigenvalue weighted by Crippen LogP contribution is 1.98. The van der Waals surface area contributed by atoms with E-state index < -0.39 is 20.2 Å². The molecule has 116 valence electrons. The zero-order chi connectivity index (χ0) is 14.9. The number of rotatable bonds is 11. The van der Waals surface area contributed by atoms with Gasteiger partial charge in [-0.25, -0.2) is 0 Å². The van der Waals surface area contributed by atoms with E-state index in [1.54, 1.807) is 0 Å². The minimum atomic E-state index is -3.37. The molecule has 0 aromatic heterocycles. The van der Waals surface area contributed by atoms with E-state index in [2.05, 4.69) is 13.3 Å². The molecule has 0 aromatic rings. The SMILES string of the molecule is CCN(CCCOS(C)(=O)=O)CCCOS(C)(=O)=O. The van der Waals surface area contributed by atoms with Gasteiger partial charge in [-0.3, -0.25) is 8.37 Å². The van der Waals surface area contributed by atoms with Crippen LogP contribution in [0.3, 0.4) is 0 Å². The van der Waals surface area contributed by atoms with E-state index in [1.807, 2.05) is 6.92 Å². The Kier molecular flexibility index (Phi) is 8.75. The van der Waals surface area contributed by atoms with Crippen molar-refractivity contribution in [2.75, 3.05) is 45.4 Å². The van der Waals surface area contributed by atoms with Gasteiger partial charge in [-0.15, -0.1) is 0 Å². The molecule has 0 unspecified atom stereocenters. The first-order valence-corrected chi connectivity index (χ1v) is 9.68. The van der Waals surface area contributed by atoms with Crippen LogP contribution in [0.25, 0.3) is 0 Å². The molecule has 0 amide bonds. The third-order valence-corrected chi connectivity index (χ3v) is 3.47. The highest BCUT2D eigenvalue weighted by atomic mass is 32.2. The van der Waals surface area contributed by atoms with Gasteiger partial charge in [0.2, 0.25) is 0 Å². The molecule has 0 atom stereocenters. The zero-order valence-electron chi connectivity index (χ0n) is 11.7. The number of hydrogen-bond donors (Lipinski definition) is 0. The van der Waals surface area contributed by atoms with Crippen molar-refractivity contribution in [3.05, 3.63) is 0 Å². The molecular formula is C10H23NO6S2. The van der Waals surface area contributed by atoms with Crippen molar-refractivity contribution in [1.29, 1.82) is 0 Å². The maximum Gasteiger partial charge on any atom is 0.264 e. The quantitative estimate of drug-likeness (QED) is 0.392. The van der Waals surface area contributed by atoms with Gasteiger partial charge in [0, 0.05) is 13.1 Å². The van der Waals surface area contributed by atoms with Crippen LogP contribution in [0.2, 0.25) is 0 Å². The lowest BCUT2D eigenvalue weighted by Crippen LogP contribution is -2.27. The van der Waals surface area contributed by atoms with E-state index in [0.717, 1.165) is 19.1 Å². The van der Waals surface area contributed by atoms with Gasteiger partial charge in [0.05, 0.1) is 25.7 Å². The third-order valence-electron chi connectivity index (χ3n) is 2.28. The molecule has 7 nitrogen and oxygen atoms in total. The largest absolute Gasteiger partial charge is 0.303 e. The van der Waals surface area contributed by atoms with Crippen molar-refractivity contribution >= 4 is 20.2 Å². The lowest BCUT2D eigenvalue weighted by atomic mass is 10.3. The standard InChI is InChI=1S/C10H23NO6S2/c1-4-11(7-5-9-16-18(2,12)13)8-6-10-17-19(3,14)15/h4-10H2,1-3H3. The number of nitrogens with zero attached hydrogens (tertiary/aromatic N) is 1. The van der Waals surface area contributed by atoms with Crippen molar-refractivity contribution in [2.24, 2.45) is 0 Å². The van der Waals surface area contributed by atoms with Crippen LogP contribution >= 0.6 is 0 Å². The van der Waals surface area contributed by atoms with E-state index in [4.69, 9.17) is 0 Å². The average Bonchev–Trinajstić information content (AvgIpc) is 2.24. The predicted molar refractivity (Wildman–Crippen MR) is 72.9 cm³/mol. The van der Waals surface area contributed by atoms with E-state index in [9.17, 15) is 16.8 Å². The summed E-state index contributed by atoms with van der Waals surface area (Å²) in [6.07, 6.45) is 3.25. The first kappa shape index (κ1) is 18.8. The van der Waals surface area contributed by atoms with Gasteiger partial charge in [0.25, 0.3) is 20.2 Å². The lowest BCUT2D eigenvalue weighted by Gasteiger charge is -2.19. The Morgan fingerprint density at radius 1 is 0.842 bits per heavy atom. The monoisotopic (exact) mass is 317 g/mol. The molecule has 0 N–H and O–H groups in total. The van der Waals surface area contributed by atoms with Gasteiger partial charge in [-0.05, 0) is 19.4 Å². The van der Waals surface area contributed by atoms with Crippen LogP contribution in [0.1, 0.15) is 19.8 Å². The minimum Gasteiger partial charge on any atom is -0.303 e. The van der Waals surface area contributed by atoms with Gasteiger partial charge >= 0.3 is 0 Å². The van der Waals surface area contributed by atoms with Gasteiger partial charge in [0.1, 0.15) is 0 Å². The zero-order valence-corrected chi connectivity index (χ0v) is 13.3. The summed E-state index contributed by atoms with van der Waals surface area (Å²) in [7, 11) is -6.74. The van der Waals surface area contributed by atoms with Crippen molar-refractivity contribution in [1.82, 2.24) is 4.90 Å². The highest BCUT2D eigenvalue weighted by molar-refractivity contribution is 7.86. The summed E-state index contributed by atoms with van der Waals surface area (Å²) < 4.78 is 52.2. The Labute approximate surface area is 116 Å². The summed E-state index contributed by atoms with van der Waals surface area (Å²) >= 11 is 0. The molecule has 0 aliphatic carbocycles. The fourth-order valence-electron chi connectivity index (χ4n) is 1.42. The maximum atomic E-state index is 10.7. The summed E-state index contributed by atoms with van der Waals surface area (Å²) in [6.45, 7) is 4.51. The van der Waals surface area contributed by atoms with E-state index in [0.29, 0.717) is 25.9 Å². The molecule has 0 aromatic carbocycles. The molecule has 0 rings (SSSR count). The fraction of sp³-hybridized carbons (Fsp3) is 1.00. The molecular weight excluding hydrogens is 294 g/mol. The van der Waals surface area contributed by atoms with Gasteiger partial charge < -0.3 is 4.90 Å². The maximum absolute atomic E-state index is 10.7. The molecule has 0 radical (unpaired) electrons. The first-order valence-electron chi connectivity index (χ1n) is 6.05. The van der Waals surface area contributed by atoms with Crippen molar-refractivity contribution in [3.63, 3.8) is 0 Å². The molecule has 9 heteroatoms. The Morgan fingerprint density at radius 2 is 1.21 bits per heavy atom. The summed E-state index contributed by atoms with van der Waals surface area (Å²) in [6, 6.07) is 0. The first-order chi connectivity index (χ1) is 8.64. The Morgan fingerprint density at radius 3 is 1.47 bits per heavy atom. The second-order valence-corrected chi connectivity index (χ2v) is 7.48. The molecule has 0 bridgehead atoms. The Balaban J connectivity index is 3.72. The summed E-state index contributed by atoms with van der Waals surface area (Å²) in [4.78, 5) is 2.08. The average molecular weight is 317 g/mol. The normalized spacial score (nSPS) is 13.1. The van der Waals surface area contributed by atoms with Crippen LogP contribution in [0, 0.1) is 0 Å². The smallest absolute Gasteiger partial charge is 0.264 e. The molecule has 19 heavy (non-hydrogen) atoms. The van der Waals surface area contributed by atoms with Gasteiger partial charge in [-0.1, -0.05) is 6.92 Å². The van der Waals surface area contributed by atoms with E-state index in [-0.39, 0.29) is 13.2 Å². The van der Waals surface area contributed by atoms with E-state index in [1.165, 1.54) is 0 Å². The van der Waals surface area contributed by atoms with Crippen LogP contribution in [-0.2, 0) is 28.6 Å². The van der Waals surface area contributed by atoms with E-state index >= 15 is 0 Å². The highest BCUT2D eigenvalue weighted by Gasteiger charge is 2.06. The Bertz CT molecular complexity index is 391. The molecule has 0 saturated carbocycles. The lowest BCUT2D eigenvalue weighted by molar-refractivity contribution is 0.224. The summed E-state index contributed by atoms with van der Waals surface area (Å²) in [5.74, 6) is 0. The predicted octanol–water partition coefficient (Wildman–Crippen LogP) is 0.0409. The van der Waals surface area contributed by atoms with Crippen LogP contribution < -0.4 is 0 Å². The molecule has 0 aliphatic rings. The Hall–Kier alpha value is -0.220. The van der Waals surface area contributed by atoms with Gasteiger partial charge in [-0.2, -0.15) is 16.8 Å². The molecule has 0 aliphatic heterocycles. The van der Waals surface area contributed by atoms with Crippen LogP contribution in [0.4, 0.5) is 0 Å². The molecule has 0 saturated heterocycles. The third kappa shape index (κ3) is 14.0. The summed E-state index contributed by atoms with van der Waals surface area (Å²) in [5, 5.41) is 0. The van der Waals surface area contributed by atoms with Crippen LogP contribution in [-0.4, -0.2) is 67.1 Å². The van der Waals surface area contributed by atoms with Crippen molar-refractivity contribution in [3.8, 4) is 0 Å². The topological polar surface area (TPSA) is 90.0 Å². The molecule has 0 heterocycles. The van der Waals surface area contributed by atoms with Crippen LogP contribution in [0.15, 0.2) is 0 Å². The fourth-order valence-corrected chi connectivity index (χ4v) is 2.27. The molecule has 0 fully saturated rings.